The van der Waals surface area contributed by atoms with Gasteiger partial charge in [0.1, 0.15) is 5.82 Å². The fourth-order valence-electron chi connectivity index (χ4n) is 2.59. The van der Waals surface area contributed by atoms with E-state index in [4.69, 9.17) is 0 Å². The summed E-state index contributed by atoms with van der Waals surface area (Å²) in [6, 6.07) is 2.89. The molecule has 1 aromatic carbocycles. The number of carbonyl (C=O) groups is 1. The highest BCUT2D eigenvalue weighted by molar-refractivity contribution is 6.00. The van der Waals surface area contributed by atoms with E-state index in [1.54, 1.807) is 0 Å². The van der Waals surface area contributed by atoms with E-state index in [1.165, 1.54) is 12.1 Å². The van der Waals surface area contributed by atoms with E-state index in [0.717, 1.165) is 42.6 Å². The molecule has 0 atom stereocenters. The Bertz CT molecular complexity index is 413. The summed E-state index contributed by atoms with van der Waals surface area (Å²) >= 11 is 0. The van der Waals surface area contributed by atoms with Crippen molar-refractivity contribution in [3.8, 4) is 0 Å². The summed E-state index contributed by atoms with van der Waals surface area (Å²) < 4.78 is 13.2. The molecule has 1 aliphatic rings. The van der Waals surface area contributed by atoms with Gasteiger partial charge in [-0.2, -0.15) is 0 Å². The Kier molecular flexibility index (Phi) is 3.57. The summed E-state index contributed by atoms with van der Waals surface area (Å²) in [5.74, 6) is 0.0162. The lowest BCUT2D eigenvalue weighted by atomic mass is 9.86. The van der Waals surface area contributed by atoms with E-state index >= 15 is 0 Å². The third-order valence-electron chi connectivity index (χ3n) is 3.45. The van der Waals surface area contributed by atoms with Crippen LogP contribution in [-0.2, 0) is 0 Å². The number of hydrogen-bond donors (Lipinski definition) is 1. The number of ketones is 1. The van der Waals surface area contributed by atoms with Crippen molar-refractivity contribution in [2.45, 2.75) is 26.7 Å². The third-order valence-corrected chi connectivity index (χ3v) is 3.45. The van der Waals surface area contributed by atoms with Crippen LogP contribution in [0.5, 0.6) is 0 Å². The summed E-state index contributed by atoms with van der Waals surface area (Å²) in [5.41, 5.74) is 2.23. The van der Waals surface area contributed by atoms with Crippen molar-refractivity contribution >= 4 is 5.78 Å². The van der Waals surface area contributed by atoms with Crippen LogP contribution in [0, 0.1) is 25.6 Å². The number of Topliss-reactive ketones (excluding diaryl/α,β-unsaturated/α-hetero) is 1. The van der Waals surface area contributed by atoms with E-state index < -0.39 is 0 Å². The number of piperidine rings is 1. The van der Waals surface area contributed by atoms with Crippen molar-refractivity contribution in [3.05, 3.63) is 34.6 Å². The molecule has 0 unspecified atom stereocenters. The SMILES string of the molecule is Cc1cc(F)cc(C)c1C(=O)C1CCNCC1. The molecule has 3 heteroatoms. The molecule has 2 rings (SSSR count). The van der Waals surface area contributed by atoms with Crippen LogP contribution >= 0.6 is 0 Å². The molecule has 1 aromatic rings. The summed E-state index contributed by atoms with van der Waals surface area (Å²) in [5, 5.41) is 3.25. The standard InChI is InChI=1S/C14H18FNO/c1-9-7-12(15)8-10(2)13(9)14(17)11-3-5-16-6-4-11/h7-8,11,16H,3-6H2,1-2H3. The summed E-state index contributed by atoms with van der Waals surface area (Å²) in [6.45, 7) is 5.42. The van der Waals surface area contributed by atoms with Crippen LogP contribution in [0.1, 0.15) is 34.3 Å². The molecule has 17 heavy (non-hydrogen) atoms. The smallest absolute Gasteiger partial charge is 0.166 e. The average molecular weight is 235 g/mol. The first-order valence-corrected chi connectivity index (χ1v) is 6.11. The van der Waals surface area contributed by atoms with Crippen molar-refractivity contribution in [3.63, 3.8) is 0 Å². The minimum Gasteiger partial charge on any atom is -0.317 e. The fraction of sp³-hybridized carbons (Fsp3) is 0.500. The number of halogens is 1. The lowest BCUT2D eigenvalue weighted by Gasteiger charge is -2.23. The highest BCUT2D eigenvalue weighted by Gasteiger charge is 2.24. The minimum absolute atomic E-state index is 0.0964. The van der Waals surface area contributed by atoms with Crippen molar-refractivity contribution in [2.75, 3.05) is 13.1 Å². The molecule has 1 saturated heterocycles. The van der Waals surface area contributed by atoms with Gasteiger partial charge in [-0.1, -0.05) is 0 Å². The van der Waals surface area contributed by atoms with Crippen molar-refractivity contribution in [2.24, 2.45) is 5.92 Å². The van der Waals surface area contributed by atoms with Gasteiger partial charge in [-0.15, -0.1) is 0 Å². The second-order valence-electron chi connectivity index (χ2n) is 4.80. The number of nitrogens with one attached hydrogen (secondary N) is 1. The quantitative estimate of drug-likeness (QED) is 0.798. The number of rotatable bonds is 2. The number of carbonyl (C=O) groups excluding carboxylic acids is 1. The second-order valence-corrected chi connectivity index (χ2v) is 4.80. The second kappa shape index (κ2) is 4.96. The Morgan fingerprint density at radius 2 is 1.76 bits per heavy atom. The summed E-state index contributed by atoms with van der Waals surface area (Å²) in [7, 11) is 0. The zero-order chi connectivity index (χ0) is 12.4. The first-order valence-electron chi connectivity index (χ1n) is 6.11. The maximum Gasteiger partial charge on any atom is 0.166 e. The first-order chi connectivity index (χ1) is 8.09. The van der Waals surface area contributed by atoms with Gasteiger partial charge in [0.25, 0.3) is 0 Å². The molecule has 0 radical (unpaired) electrons. The molecule has 0 bridgehead atoms. The molecule has 2 nitrogen and oxygen atoms in total. The van der Waals surface area contributed by atoms with E-state index in [0.29, 0.717) is 0 Å². The minimum atomic E-state index is -0.262. The molecule has 0 aromatic heterocycles. The van der Waals surface area contributed by atoms with Crippen LogP contribution in [0.4, 0.5) is 4.39 Å². The van der Waals surface area contributed by atoms with Crippen LogP contribution in [0.2, 0.25) is 0 Å². The monoisotopic (exact) mass is 235 g/mol. The number of benzene rings is 1. The molecule has 92 valence electrons. The van der Waals surface area contributed by atoms with Crippen LogP contribution < -0.4 is 5.32 Å². The maximum atomic E-state index is 13.2. The Morgan fingerprint density at radius 3 is 2.29 bits per heavy atom. The molecule has 1 fully saturated rings. The highest BCUT2D eigenvalue weighted by atomic mass is 19.1. The number of hydrogen-bond acceptors (Lipinski definition) is 2. The summed E-state index contributed by atoms with van der Waals surface area (Å²) in [6.07, 6.45) is 1.77. The van der Waals surface area contributed by atoms with E-state index in [-0.39, 0.29) is 17.5 Å². The topological polar surface area (TPSA) is 29.1 Å². The predicted molar refractivity (Wildman–Crippen MR) is 65.8 cm³/mol. The molecule has 0 aliphatic carbocycles. The van der Waals surface area contributed by atoms with Crippen molar-refractivity contribution in [1.82, 2.24) is 5.32 Å². The summed E-state index contributed by atoms with van der Waals surface area (Å²) in [4.78, 5) is 12.4. The third kappa shape index (κ3) is 2.55. The van der Waals surface area contributed by atoms with Crippen molar-refractivity contribution in [1.29, 1.82) is 0 Å². The molecule has 0 amide bonds. The van der Waals surface area contributed by atoms with Crippen LogP contribution in [0.3, 0.4) is 0 Å². The van der Waals surface area contributed by atoms with Crippen LogP contribution in [0.25, 0.3) is 0 Å². The molecule has 1 aliphatic heterocycles. The fourth-order valence-corrected chi connectivity index (χ4v) is 2.59. The van der Waals surface area contributed by atoms with Crippen LogP contribution in [0.15, 0.2) is 12.1 Å². The van der Waals surface area contributed by atoms with Gasteiger partial charge in [-0.25, -0.2) is 4.39 Å². The van der Waals surface area contributed by atoms with Gasteiger partial charge in [0, 0.05) is 11.5 Å². The van der Waals surface area contributed by atoms with Gasteiger partial charge < -0.3 is 5.32 Å². The molecule has 1 heterocycles. The van der Waals surface area contributed by atoms with Gasteiger partial charge >= 0.3 is 0 Å². The van der Waals surface area contributed by atoms with E-state index in [9.17, 15) is 9.18 Å². The zero-order valence-electron chi connectivity index (χ0n) is 10.3. The van der Waals surface area contributed by atoms with Gasteiger partial charge in [0.2, 0.25) is 0 Å². The molecular formula is C14H18FNO. The van der Waals surface area contributed by atoms with Gasteiger partial charge in [-0.05, 0) is 63.0 Å². The molecular weight excluding hydrogens is 217 g/mol. The van der Waals surface area contributed by atoms with Gasteiger partial charge in [0.15, 0.2) is 5.78 Å². The molecule has 1 N–H and O–H groups in total. The molecule has 0 spiro atoms. The lowest BCUT2D eigenvalue weighted by molar-refractivity contribution is 0.0893. The van der Waals surface area contributed by atoms with Gasteiger partial charge in [-0.3, -0.25) is 4.79 Å². The first kappa shape index (κ1) is 12.2. The Morgan fingerprint density at radius 1 is 1.24 bits per heavy atom. The van der Waals surface area contributed by atoms with E-state index in [1.807, 2.05) is 13.8 Å². The Hall–Kier alpha value is -1.22. The van der Waals surface area contributed by atoms with E-state index in [2.05, 4.69) is 5.32 Å². The maximum absolute atomic E-state index is 13.2. The average Bonchev–Trinajstić information content (AvgIpc) is 2.28. The largest absolute Gasteiger partial charge is 0.317 e. The lowest BCUT2D eigenvalue weighted by Crippen LogP contribution is -2.32. The Labute approximate surface area is 101 Å². The van der Waals surface area contributed by atoms with Crippen LogP contribution in [-0.4, -0.2) is 18.9 Å². The van der Waals surface area contributed by atoms with Gasteiger partial charge in [0.05, 0.1) is 0 Å². The van der Waals surface area contributed by atoms with Crippen molar-refractivity contribution < 1.29 is 9.18 Å². The predicted octanol–water partition coefficient (Wildman–Crippen LogP) is 2.62. The Balaban J connectivity index is 2.30. The highest BCUT2D eigenvalue weighted by Crippen LogP contribution is 2.23. The normalized spacial score (nSPS) is 17.1. The number of aryl methyl sites for hydroxylation is 2. The molecule has 0 saturated carbocycles. The zero-order valence-corrected chi connectivity index (χ0v) is 10.3.